The van der Waals surface area contributed by atoms with Crippen LogP contribution in [0.15, 0.2) is 23.8 Å². The monoisotopic (exact) mass is 428 g/mol. The van der Waals surface area contributed by atoms with E-state index in [9.17, 15) is 14.7 Å². The molecule has 0 spiro atoms. The molecule has 2 saturated carbocycles. The topological polar surface area (TPSA) is 74.6 Å². The van der Waals surface area contributed by atoms with E-state index in [4.69, 9.17) is 5.11 Å². The average molecular weight is 429 g/mol. The second-order valence-electron chi connectivity index (χ2n) is 11.7. The number of aliphatic hydroxyl groups is 1. The van der Waals surface area contributed by atoms with Gasteiger partial charge in [0.05, 0.1) is 11.5 Å². The van der Waals surface area contributed by atoms with Crippen LogP contribution in [0.4, 0.5) is 0 Å². The Morgan fingerprint density at radius 1 is 1.16 bits per heavy atom. The molecule has 2 fully saturated rings. The van der Waals surface area contributed by atoms with Gasteiger partial charge in [-0.2, -0.15) is 0 Å². The first-order valence-electron chi connectivity index (χ1n) is 12.4. The lowest BCUT2D eigenvalue weighted by Gasteiger charge is -2.58. The number of hydrogen-bond donors (Lipinski definition) is 2. The first-order chi connectivity index (χ1) is 14.5. The van der Waals surface area contributed by atoms with Crippen LogP contribution in [0.5, 0.6) is 0 Å². The lowest BCUT2D eigenvalue weighted by atomic mass is 9.47. The zero-order valence-electron chi connectivity index (χ0n) is 19.7. The van der Waals surface area contributed by atoms with Crippen LogP contribution in [0, 0.1) is 40.4 Å². The van der Waals surface area contributed by atoms with Gasteiger partial charge in [0, 0.05) is 11.8 Å². The number of allylic oxidation sites excluding steroid dienone is 2. The van der Waals surface area contributed by atoms with Crippen LogP contribution < -0.4 is 0 Å². The number of hydrogen-bond acceptors (Lipinski definition) is 3. The largest absolute Gasteiger partial charge is 0.481 e. The van der Waals surface area contributed by atoms with Gasteiger partial charge in [0.15, 0.2) is 5.78 Å². The van der Waals surface area contributed by atoms with E-state index in [0.29, 0.717) is 35.5 Å². The minimum Gasteiger partial charge on any atom is -0.481 e. The van der Waals surface area contributed by atoms with E-state index in [-0.39, 0.29) is 23.5 Å². The second kappa shape index (κ2) is 7.86. The third-order valence-electron chi connectivity index (χ3n) is 10.1. The highest BCUT2D eigenvalue weighted by atomic mass is 16.4. The van der Waals surface area contributed by atoms with Crippen molar-refractivity contribution in [1.29, 1.82) is 0 Å². The van der Waals surface area contributed by atoms with Gasteiger partial charge in [-0.25, -0.2) is 0 Å². The molecule has 8 atom stereocenters. The highest BCUT2D eigenvalue weighted by Crippen LogP contribution is 2.66. The Balaban J connectivity index is 1.50. The number of rotatable bonds is 6. The van der Waals surface area contributed by atoms with E-state index < -0.39 is 11.6 Å². The Bertz CT molecular complexity index is 812. The van der Waals surface area contributed by atoms with Gasteiger partial charge in [-0.1, -0.05) is 58.3 Å². The SMILES string of the molecule is C[C@H](CCC[C@H](C)C(=O)O)[C@H]1CC[C@H]2C3=CC[C@@]4(O)CC(=O)C=C[C@]4(C)[C@H]3CC[C@]12C. The summed E-state index contributed by atoms with van der Waals surface area (Å²) in [7, 11) is 0. The molecule has 0 radical (unpaired) electrons. The Morgan fingerprint density at radius 3 is 2.61 bits per heavy atom. The molecule has 0 aromatic rings. The summed E-state index contributed by atoms with van der Waals surface area (Å²) in [5.74, 6) is 1.30. The number of fused-ring (bicyclic) bond motifs is 5. The van der Waals surface area contributed by atoms with Crippen LogP contribution in [0.3, 0.4) is 0 Å². The highest BCUT2D eigenvalue weighted by Gasteiger charge is 2.61. The van der Waals surface area contributed by atoms with Gasteiger partial charge < -0.3 is 10.2 Å². The summed E-state index contributed by atoms with van der Waals surface area (Å²) in [5, 5.41) is 20.6. The maximum atomic E-state index is 12.0. The summed E-state index contributed by atoms with van der Waals surface area (Å²) in [6.45, 7) is 8.85. The fourth-order valence-electron chi connectivity index (χ4n) is 7.95. The molecular formula is C27H40O4. The van der Waals surface area contributed by atoms with E-state index in [1.54, 1.807) is 11.6 Å². The first kappa shape index (κ1) is 22.8. The fraction of sp³-hybridized carbons (Fsp3) is 0.778. The van der Waals surface area contributed by atoms with Crippen molar-refractivity contribution in [3.63, 3.8) is 0 Å². The van der Waals surface area contributed by atoms with Crippen LogP contribution in [0.25, 0.3) is 0 Å². The molecule has 0 unspecified atom stereocenters. The summed E-state index contributed by atoms with van der Waals surface area (Å²) < 4.78 is 0. The zero-order chi connectivity index (χ0) is 22.6. The van der Waals surface area contributed by atoms with Crippen molar-refractivity contribution in [1.82, 2.24) is 0 Å². The van der Waals surface area contributed by atoms with Crippen LogP contribution in [0.1, 0.15) is 85.5 Å². The molecule has 4 nitrogen and oxygen atoms in total. The Hall–Kier alpha value is -1.42. The number of carbonyl (C=O) groups is 2. The number of aliphatic carboxylic acids is 1. The van der Waals surface area contributed by atoms with Gasteiger partial charge >= 0.3 is 5.97 Å². The van der Waals surface area contributed by atoms with Crippen LogP contribution in [-0.4, -0.2) is 27.6 Å². The van der Waals surface area contributed by atoms with Gasteiger partial charge in [-0.3, -0.25) is 9.59 Å². The molecule has 0 saturated heterocycles. The highest BCUT2D eigenvalue weighted by molar-refractivity contribution is 5.92. The predicted molar refractivity (Wildman–Crippen MR) is 121 cm³/mol. The van der Waals surface area contributed by atoms with Crippen molar-refractivity contribution < 1.29 is 19.8 Å². The first-order valence-corrected chi connectivity index (χ1v) is 12.4. The molecule has 0 heterocycles. The number of carboxylic acid groups (broad SMARTS) is 1. The minimum atomic E-state index is -0.938. The molecule has 4 aliphatic rings. The summed E-state index contributed by atoms with van der Waals surface area (Å²) in [6, 6.07) is 0. The molecule has 31 heavy (non-hydrogen) atoms. The van der Waals surface area contributed by atoms with Gasteiger partial charge in [0.2, 0.25) is 0 Å². The molecule has 2 N–H and O–H groups in total. The number of carbonyl (C=O) groups excluding carboxylic acids is 1. The quantitative estimate of drug-likeness (QED) is 0.544. The van der Waals surface area contributed by atoms with Gasteiger partial charge in [0.1, 0.15) is 0 Å². The van der Waals surface area contributed by atoms with Crippen molar-refractivity contribution in [2.75, 3.05) is 0 Å². The smallest absolute Gasteiger partial charge is 0.306 e. The number of carboxylic acids is 1. The fourth-order valence-corrected chi connectivity index (χ4v) is 7.95. The lowest BCUT2D eigenvalue weighted by Crippen LogP contribution is -2.57. The molecule has 0 amide bonds. The van der Waals surface area contributed by atoms with Crippen LogP contribution >= 0.6 is 0 Å². The van der Waals surface area contributed by atoms with Crippen molar-refractivity contribution in [2.45, 2.75) is 91.1 Å². The third-order valence-corrected chi connectivity index (χ3v) is 10.1. The van der Waals surface area contributed by atoms with Crippen LogP contribution in [-0.2, 0) is 9.59 Å². The van der Waals surface area contributed by atoms with Crippen molar-refractivity contribution in [3.8, 4) is 0 Å². The van der Waals surface area contributed by atoms with Crippen LogP contribution in [0.2, 0.25) is 0 Å². The Morgan fingerprint density at radius 2 is 1.90 bits per heavy atom. The van der Waals surface area contributed by atoms with E-state index in [0.717, 1.165) is 25.7 Å². The molecule has 4 aliphatic carbocycles. The molecule has 172 valence electrons. The molecule has 0 bridgehead atoms. The van der Waals surface area contributed by atoms with E-state index in [1.165, 1.54) is 19.3 Å². The predicted octanol–water partition coefficient (Wildman–Crippen LogP) is 5.55. The average Bonchev–Trinajstić information content (AvgIpc) is 3.06. The standard InChI is InChI=1S/C27H40O4/c1-17(6-5-7-18(2)24(29)30)21-8-9-22-20-11-15-27(31)16-19(28)10-14-26(27,4)23(20)12-13-25(21,22)3/h10-11,14,17-18,21-23,31H,5-9,12-13,15-16H2,1-4H3,(H,29,30)/t17-,18+,21-,22+,23+,25-,26-,27-/m1/s1. The summed E-state index contributed by atoms with van der Waals surface area (Å²) in [6.07, 6.45) is 14.5. The summed E-state index contributed by atoms with van der Waals surface area (Å²) in [4.78, 5) is 23.2. The van der Waals surface area contributed by atoms with Crippen molar-refractivity contribution in [2.24, 2.45) is 40.4 Å². The van der Waals surface area contributed by atoms with E-state index in [2.05, 4.69) is 26.8 Å². The maximum Gasteiger partial charge on any atom is 0.306 e. The number of ketones is 1. The van der Waals surface area contributed by atoms with Gasteiger partial charge in [0.25, 0.3) is 0 Å². The van der Waals surface area contributed by atoms with Crippen molar-refractivity contribution in [3.05, 3.63) is 23.8 Å². The minimum absolute atomic E-state index is 0.0458. The van der Waals surface area contributed by atoms with E-state index in [1.807, 2.05) is 13.0 Å². The third kappa shape index (κ3) is 3.53. The summed E-state index contributed by atoms with van der Waals surface area (Å²) >= 11 is 0. The Kier molecular flexibility index (Phi) is 5.77. The molecule has 0 aromatic carbocycles. The normalized spacial score (nSPS) is 43.5. The summed E-state index contributed by atoms with van der Waals surface area (Å²) in [5.41, 5.74) is 0.560. The maximum absolute atomic E-state index is 12.0. The second-order valence-corrected chi connectivity index (χ2v) is 11.7. The molecule has 4 heteroatoms. The lowest BCUT2D eigenvalue weighted by molar-refractivity contribution is -0.141. The zero-order valence-corrected chi connectivity index (χ0v) is 19.7. The molecular weight excluding hydrogens is 388 g/mol. The Labute approximate surface area is 187 Å². The molecule has 4 rings (SSSR count). The molecule has 0 aliphatic heterocycles. The molecule has 0 aromatic heterocycles. The van der Waals surface area contributed by atoms with E-state index >= 15 is 0 Å². The van der Waals surface area contributed by atoms with Crippen molar-refractivity contribution >= 4 is 11.8 Å². The van der Waals surface area contributed by atoms with Gasteiger partial charge in [-0.15, -0.1) is 0 Å². The van der Waals surface area contributed by atoms with Gasteiger partial charge in [-0.05, 0) is 73.7 Å².